The summed E-state index contributed by atoms with van der Waals surface area (Å²) in [4.78, 5) is 15.8. The van der Waals surface area contributed by atoms with E-state index in [2.05, 4.69) is 10.1 Å². The first kappa shape index (κ1) is 9.39. The lowest BCUT2D eigenvalue weighted by Crippen LogP contribution is -2.09. The van der Waals surface area contributed by atoms with Gasteiger partial charge in [0.15, 0.2) is 5.82 Å². The fourth-order valence-corrected chi connectivity index (χ4v) is 1.31. The van der Waals surface area contributed by atoms with Crippen molar-refractivity contribution in [3.05, 3.63) is 42.0 Å². The van der Waals surface area contributed by atoms with E-state index >= 15 is 0 Å². The summed E-state index contributed by atoms with van der Waals surface area (Å²) in [6.07, 6.45) is 1.35. The molecule has 5 nitrogen and oxygen atoms in total. The number of nitrogens with two attached hydrogens (primary N) is 1. The van der Waals surface area contributed by atoms with E-state index in [0.717, 1.165) is 0 Å². The molecule has 2 N–H and O–H groups in total. The lowest BCUT2D eigenvalue weighted by molar-refractivity contribution is 0.102. The van der Waals surface area contributed by atoms with Crippen LogP contribution < -0.4 is 5.73 Å². The van der Waals surface area contributed by atoms with Crippen molar-refractivity contribution in [2.45, 2.75) is 0 Å². The maximum Gasteiger partial charge on any atom is 0.230 e. The number of carbonyl (C=O) groups excluding carboxylic acids is 1. The second-order valence-corrected chi connectivity index (χ2v) is 3.16. The monoisotopic (exact) mass is 202 g/mol. The number of nitrogens with zero attached hydrogens (tertiary/aromatic N) is 3. The van der Waals surface area contributed by atoms with Crippen LogP contribution in [0.1, 0.15) is 16.2 Å². The highest BCUT2D eigenvalue weighted by Gasteiger charge is 2.14. The van der Waals surface area contributed by atoms with Crippen LogP contribution in [0.4, 0.5) is 5.69 Å². The number of hydrogen-bond donors (Lipinski definition) is 1. The Morgan fingerprint density at radius 3 is 2.87 bits per heavy atom. The van der Waals surface area contributed by atoms with Gasteiger partial charge in [-0.2, -0.15) is 5.10 Å². The van der Waals surface area contributed by atoms with Gasteiger partial charge in [0.2, 0.25) is 5.78 Å². The summed E-state index contributed by atoms with van der Waals surface area (Å²) in [7, 11) is 1.67. The zero-order valence-electron chi connectivity index (χ0n) is 8.21. The highest BCUT2D eigenvalue weighted by atomic mass is 16.1. The van der Waals surface area contributed by atoms with Gasteiger partial charge in [-0.1, -0.05) is 12.1 Å². The second-order valence-electron chi connectivity index (χ2n) is 3.16. The van der Waals surface area contributed by atoms with Crippen molar-refractivity contribution in [3.63, 3.8) is 0 Å². The summed E-state index contributed by atoms with van der Waals surface area (Å²) in [5, 5.41) is 3.84. The molecule has 0 fully saturated rings. The van der Waals surface area contributed by atoms with Gasteiger partial charge < -0.3 is 5.73 Å². The van der Waals surface area contributed by atoms with Gasteiger partial charge in [0, 0.05) is 18.3 Å². The lowest BCUT2D eigenvalue weighted by atomic mass is 10.1. The van der Waals surface area contributed by atoms with Crippen molar-refractivity contribution in [2.75, 3.05) is 5.73 Å². The van der Waals surface area contributed by atoms with Crippen molar-refractivity contribution >= 4 is 11.5 Å². The molecule has 15 heavy (non-hydrogen) atoms. The molecule has 0 atom stereocenters. The van der Waals surface area contributed by atoms with Gasteiger partial charge in [-0.25, -0.2) is 9.67 Å². The number of benzene rings is 1. The molecule has 0 aliphatic carbocycles. The first-order valence-electron chi connectivity index (χ1n) is 4.42. The Kier molecular flexibility index (Phi) is 2.21. The van der Waals surface area contributed by atoms with E-state index in [1.165, 1.54) is 11.0 Å². The average Bonchev–Trinajstić information content (AvgIpc) is 2.63. The van der Waals surface area contributed by atoms with Crippen LogP contribution in [0.2, 0.25) is 0 Å². The molecule has 0 aliphatic heterocycles. The minimum absolute atomic E-state index is 0.178. The summed E-state index contributed by atoms with van der Waals surface area (Å²) in [5.74, 6) is 0.128. The molecular weight excluding hydrogens is 192 g/mol. The predicted octanol–water partition coefficient (Wildman–Crippen LogP) is 0.628. The number of aromatic nitrogens is 3. The van der Waals surface area contributed by atoms with Crippen LogP contribution in [-0.2, 0) is 7.05 Å². The van der Waals surface area contributed by atoms with Gasteiger partial charge in [-0.15, -0.1) is 0 Å². The van der Waals surface area contributed by atoms with Gasteiger partial charge >= 0.3 is 0 Å². The standard InChI is InChI=1S/C10H10N4O/c1-14-10(12-6-13-14)9(15)7-3-2-4-8(11)5-7/h2-6H,11H2,1H3. The Labute approximate surface area is 86.5 Å². The first-order valence-corrected chi connectivity index (χ1v) is 4.42. The molecule has 76 valence electrons. The van der Waals surface area contributed by atoms with E-state index in [4.69, 9.17) is 5.73 Å². The highest BCUT2D eigenvalue weighted by molar-refractivity contribution is 6.07. The quantitative estimate of drug-likeness (QED) is 0.572. The maximum atomic E-state index is 11.9. The fraction of sp³-hybridized carbons (Fsp3) is 0.100. The molecule has 0 radical (unpaired) electrons. The molecule has 0 spiro atoms. The van der Waals surface area contributed by atoms with Crippen molar-refractivity contribution in [2.24, 2.45) is 7.05 Å². The van der Waals surface area contributed by atoms with E-state index in [-0.39, 0.29) is 5.78 Å². The van der Waals surface area contributed by atoms with Crippen molar-refractivity contribution < 1.29 is 4.79 Å². The van der Waals surface area contributed by atoms with Crippen LogP contribution in [0.5, 0.6) is 0 Å². The van der Waals surface area contributed by atoms with Crippen LogP contribution >= 0.6 is 0 Å². The first-order chi connectivity index (χ1) is 7.18. The zero-order chi connectivity index (χ0) is 10.8. The lowest BCUT2D eigenvalue weighted by Gasteiger charge is -2.00. The number of hydrogen-bond acceptors (Lipinski definition) is 4. The molecule has 0 amide bonds. The minimum Gasteiger partial charge on any atom is -0.399 e. The van der Waals surface area contributed by atoms with Gasteiger partial charge in [0.25, 0.3) is 0 Å². The summed E-state index contributed by atoms with van der Waals surface area (Å²) in [6, 6.07) is 6.79. The molecule has 0 saturated carbocycles. The Morgan fingerprint density at radius 1 is 1.47 bits per heavy atom. The molecule has 2 aromatic rings. The highest BCUT2D eigenvalue weighted by Crippen LogP contribution is 2.10. The molecule has 0 aliphatic rings. The predicted molar refractivity (Wildman–Crippen MR) is 55.3 cm³/mol. The van der Waals surface area contributed by atoms with Gasteiger partial charge in [-0.05, 0) is 12.1 Å². The van der Waals surface area contributed by atoms with E-state index in [1.807, 2.05) is 0 Å². The summed E-state index contributed by atoms with van der Waals surface area (Å²) in [5.41, 5.74) is 6.67. The molecule has 0 unspecified atom stereocenters. The number of nitrogen functional groups attached to an aromatic ring is 1. The van der Waals surface area contributed by atoms with Crippen LogP contribution in [-0.4, -0.2) is 20.5 Å². The average molecular weight is 202 g/mol. The number of carbonyl (C=O) groups is 1. The Balaban J connectivity index is 2.41. The molecule has 5 heteroatoms. The minimum atomic E-state index is -0.178. The number of ketones is 1. The number of aryl methyl sites for hydroxylation is 1. The molecule has 0 bridgehead atoms. The maximum absolute atomic E-state index is 11.9. The van der Waals surface area contributed by atoms with E-state index in [9.17, 15) is 4.79 Å². The van der Waals surface area contributed by atoms with Gasteiger partial charge in [-0.3, -0.25) is 4.79 Å². The molecule has 1 heterocycles. The molecule has 2 rings (SSSR count). The van der Waals surface area contributed by atoms with E-state index in [0.29, 0.717) is 17.1 Å². The van der Waals surface area contributed by atoms with Crippen molar-refractivity contribution in [1.29, 1.82) is 0 Å². The molecule has 1 aromatic heterocycles. The Hall–Kier alpha value is -2.17. The Morgan fingerprint density at radius 2 is 2.27 bits per heavy atom. The zero-order valence-corrected chi connectivity index (χ0v) is 8.21. The molecule has 0 saturated heterocycles. The topological polar surface area (TPSA) is 73.8 Å². The third kappa shape index (κ3) is 1.71. The third-order valence-electron chi connectivity index (χ3n) is 2.06. The fourth-order valence-electron chi connectivity index (χ4n) is 1.31. The van der Waals surface area contributed by atoms with E-state index in [1.54, 1.807) is 31.3 Å². The largest absolute Gasteiger partial charge is 0.399 e. The van der Waals surface area contributed by atoms with E-state index < -0.39 is 0 Å². The van der Waals surface area contributed by atoms with Gasteiger partial charge in [0.05, 0.1) is 0 Å². The third-order valence-corrected chi connectivity index (χ3v) is 2.06. The number of anilines is 1. The smallest absolute Gasteiger partial charge is 0.230 e. The summed E-state index contributed by atoms with van der Waals surface area (Å²) >= 11 is 0. The summed E-state index contributed by atoms with van der Waals surface area (Å²) < 4.78 is 1.44. The van der Waals surface area contributed by atoms with Crippen molar-refractivity contribution in [1.82, 2.24) is 14.8 Å². The molecule has 1 aromatic carbocycles. The van der Waals surface area contributed by atoms with Crippen LogP contribution in [0.15, 0.2) is 30.6 Å². The number of rotatable bonds is 2. The van der Waals surface area contributed by atoms with Crippen LogP contribution in [0.25, 0.3) is 0 Å². The normalized spacial score (nSPS) is 10.2. The molecular formula is C10H10N4O. The van der Waals surface area contributed by atoms with Crippen LogP contribution in [0, 0.1) is 0 Å². The SMILES string of the molecule is Cn1ncnc1C(=O)c1cccc(N)c1. The second kappa shape index (κ2) is 3.53. The summed E-state index contributed by atoms with van der Waals surface area (Å²) in [6.45, 7) is 0. The van der Waals surface area contributed by atoms with Crippen LogP contribution in [0.3, 0.4) is 0 Å². The van der Waals surface area contributed by atoms with Crippen molar-refractivity contribution in [3.8, 4) is 0 Å². The Bertz CT molecular complexity index is 504. The van der Waals surface area contributed by atoms with Gasteiger partial charge in [0.1, 0.15) is 6.33 Å².